The van der Waals surface area contributed by atoms with Gasteiger partial charge >= 0.3 is 5.97 Å². The fourth-order valence-electron chi connectivity index (χ4n) is 1.67. The molecule has 0 heterocycles. The molecule has 0 spiro atoms. The van der Waals surface area contributed by atoms with E-state index in [1.165, 1.54) is 14.2 Å². The van der Waals surface area contributed by atoms with E-state index >= 15 is 0 Å². The van der Waals surface area contributed by atoms with Crippen molar-refractivity contribution in [1.29, 1.82) is 0 Å². The molecule has 0 aromatic heterocycles. The van der Waals surface area contributed by atoms with Gasteiger partial charge in [0.1, 0.15) is 0 Å². The van der Waals surface area contributed by atoms with Crippen molar-refractivity contribution in [3.05, 3.63) is 0 Å². The first-order valence-corrected chi connectivity index (χ1v) is 6.52. The van der Waals surface area contributed by atoms with Gasteiger partial charge in [0, 0.05) is 26.7 Å². The van der Waals surface area contributed by atoms with Crippen LogP contribution >= 0.6 is 0 Å². The highest BCUT2D eigenvalue weighted by Gasteiger charge is 2.20. The highest BCUT2D eigenvalue weighted by Crippen LogP contribution is 2.06. The summed E-state index contributed by atoms with van der Waals surface area (Å²) in [7, 11) is 2.87. The smallest absolute Gasteiger partial charge is 0.307 e. The summed E-state index contributed by atoms with van der Waals surface area (Å²) in [4.78, 5) is 25.0. The summed E-state index contributed by atoms with van der Waals surface area (Å²) in [5.74, 6) is -0.0287. The van der Waals surface area contributed by atoms with E-state index in [0.717, 1.165) is 0 Å². The number of esters is 1. The molecule has 1 atom stereocenters. The Labute approximate surface area is 115 Å². The molecular weight excluding hydrogens is 248 g/mol. The maximum absolute atomic E-state index is 12.1. The Morgan fingerprint density at radius 1 is 1.26 bits per heavy atom. The molecule has 0 aliphatic heterocycles. The van der Waals surface area contributed by atoms with Crippen molar-refractivity contribution in [2.75, 3.05) is 33.9 Å². The average molecular weight is 274 g/mol. The minimum atomic E-state index is -0.316. The Balaban J connectivity index is 4.46. The number of hydrogen-bond acceptors (Lipinski definition) is 5. The number of ether oxygens (including phenoxy) is 2. The fraction of sp³-hybridized carbons (Fsp3) is 0.846. The fourth-order valence-corrected chi connectivity index (χ4v) is 1.67. The van der Waals surface area contributed by atoms with Crippen LogP contribution in [0.5, 0.6) is 0 Å². The normalized spacial score (nSPS) is 12.3. The van der Waals surface area contributed by atoms with E-state index in [-0.39, 0.29) is 30.8 Å². The molecule has 6 heteroatoms. The minimum absolute atomic E-state index is 0.0464. The van der Waals surface area contributed by atoms with Crippen molar-refractivity contribution in [2.45, 2.75) is 32.8 Å². The molecule has 0 saturated carbocycles. The van der Waals surface area contributed by atoms with Gasteiger partial charge in [0.2, 0.25) is 5.91 Å². The topological polar surface area (TPSA) is 81.9 Å². The number of carbonyl (C=O) groups is 2. The zero-order chi connectivity index (χ0) is 14.8. The SMILES string of the molecule is COC(=O)CCN(CC(C)C)C(=O)CC(CN)OC. The number of amides is 1. The zero-order valence-corrected chi connectivity index (χ0v) is 12.3. The largest absolute Gasteiger partial charge is 0.469 e. The first kappa shape index (κ1) is 17.9. The lowest BCUT2D eigenvalue weighted by Gasteiger charge is -2.25. The minimum Gasteiger partial charge on any atom is -0.469 e. The van der Waals surface area contributed by atoms with E-state index in [1.807, 2.05) is 13.8 Å². The molecule has 6 nitrogen and oxygen atoms in total. The Hall–Kier alpha value is -1.14. The summed E-state index contributed by atoms with van der Waals surface area (Å²) < 4.78 is 9.70. The van der Waals surface area contributed by atoms with Crippen LogP contribution in [-0.2, 0) is 19.1 Å². The predicted molar refractivity (Wildman–Crippen MR) is 72.5 cm³/mol. The van der Waals surface area contributed by atoms with Gasteiger partial charge in [0.15, 0.2) is 0 Å². The molecule has 0 bridgehead atoms. The van der Waals surface area contributed by atoms with Crippen LogP contribution in [0, 0.1) is 5.92 Å². The molecule has 0 saturated heterocycles. The lowest BCUT2D eigenvalue weighted by Crippen LogP contribution is -2.39. The van der Waals surface area contributed by atoms with E-state index in [2.05, 4.69) is 4.74 Å². The number of carbonyl (C=O) groups excluding carboxylic acids is 2. The van der Waals surface area contributed by atoms with Gasteiger partial charge in [-0.1, -0.05) is 13.8 Å². The van der Waals surface area contributed by atoms with Crippen molar-refractivity contribution in [3.8, 4) is 0 Å². The van der Waals surface area contributed by atoms with Crippen molar-refractivity contribution < 1.29 is 19.1 Å². The van der Waals surface area contributed by atoms with Gasteiger partial charge in [-0.3, -0.25) is 9.59 Å². The lowest BCUT2D eigenvalue weighted by atomic mass is 10.1. The second-order valence-electron chi connectivity index (χ2n) is 4.86. The maximum Gasteiger partial charge on any atom is 0.307 e. The summed E-state index contributed by atoms with van der Waals surface area (Å²) in [5, 5.41) is 0. The van der Waals surface area contributed by atoms with E-state index in [0.29, 0.717) is 25.6 Å². The van der Waals surface area contributed by atoms with Gasteiger partial charge < -0.3 is 20.1 Å². The molecule has 0 aliphatic carbocycles. The van der Waals surface area contributed by atoms with Crippen LogP contribution in [0.4, 0.5) is 0 Å². The van der Waals surface area contributed by atoms with Crippen LogP contribution < -0.4 is 5.73 Å². The van der Waals surface area contributed by atoms with Gasteiger partial charge in [-0.05, 0) is 5.92 Å². The third-order valence-corrected chi connectivity index (χ3v) is 2.75. The molecule has 0 aliphatic rings. The van der Waals surface area contributed by atoms with Crippen molar-refractivity contribution in [1.82, 2.24) is 4.90 Å². The van der Waals surface area contributed by atoms with Crippen LogP contribution in [0.1, 0.15) is 26.7 Å². The second kappa shape index (κ2) is 9.75. The van der Waals surface area contributed by atoms with Gasteiger partial charge in [0.25, 0.3) is 0 Å². The summed E-state index contributed by atoms with van der Waals surface area (Å²) in [6.45, 7) is 5.32. The monoisotopic (exact) mass is 274 g/mol. The number of hydrogen-bond donors (Lipinski definition) is 1. The summed E-state index contributed by atoms with van der Waals surface area (Å²) in [6.07, 6.45) is 0.163. The van der Waals surface area contributed by atoms with Gasteiger partial charge in [-0.15, -0.1) is 0 Å². The Kier molecular flexibility index (Phi) is 9.16. The summed E-state index contributed by atoms with van der Waals surface area (Å²) >= 11 is 0. The lowest BCUT2D eigenvalue weighted by molar-refractivity contribution is -0.142. The molecule has 2 N–H and O–H groups in total. The molecule has 1 unspecified atom stereocenters. The van der Waals surface area contributed by atoms with Crippen molar-refractivity contribution in [2.24, 2.45) is 11.7 Å². The molecule has 112 valence electrons. The number of nitrogens with two attached hydrogens (primary N) is 1. The average Bonchev–Trinajstić information content (AvgIpc) is 2.39. The zero-order valence-electron chi connectivity index (χ0n) is 12.3. The number of nitrogens with zero attached hydrogens (tertiary/aromatic N) is 1. The van der Waals surface area contributed by atoms with E-state index in [9.17, 15) is 9.59 Å². The van der Waals surface area contributed by atoms with Gasteiger partial charge in [-0.25, -0.2) is 0 Å². The molecule has 0 radical (unpaired) electrons. The standard InChI is InChI=1S/C13H26N2O4/c1-10(2)9-15(6-5-13(17)19-4)12(16)7-11(8-14)18-3/h10-11H,5-9,14H2,1-4H3. The highest BCUT2D eigenvalue weighted by molar-refractivity contribution is 5.77. The van der Waals surface area contributed by atoms with Crippen LogP contribution in [0.15, 0.2) is 0 Å². The van der Waals surface area contributed by atoms with Crippen LogP contribution in [0.25, 0.3) is 0 Å². The third kappa shape index (κ3) is 7.79. The summed E-state index contributed by atoms with van der Waals surface area (Å²) in [6, 6.07) is 0. The first-order chi connectivity index (χ1) is 8.94. The van der Waals surface area contributed by atoms with Crippen LogP contribution in [-0.4, -0.2) is 56.7 Å². The molecule has 1 amide bonds. The third-order valence-electron chi connectivity index (χ3n) is 2.75. The van der Waals surface area contributed by atoms with E-state index < -0.39 is 0 Å². The van der Waals surface area contributed by atoms with E-state index in [4.69, 9.17) is 10.5 Å². The Morgan fingerprint density at radius 3 is 2.32 bits per heavy atom. The molecule has 0 rings (SSSR count). The molecule has 0 fully saturated rings. The Bertz CT molecular complexity index is 278. The quantitative estimate of drug-likeness (QED) is 0.615. The van der Waals surface area contributed by atoms with E-state index in [1.54, 1.807) is 4.90 Å². The van der Waals surface area contributed by atoms with Crippen LogP contribution in [0.2, 0.25) is 0 Å². The number of rotatable bonds is 9. The van der Waals surface area contributed by atoms with Crippen LogP contribution in [0.3, 0.4) is 0 Å². The van der Waals surface area contributed by atoms with Crippen molar-refractivity contribution in [3.63, 3.8) is 0 Å². The molecule has 19 heavy (non-hydrogen) atoms. The number of methoxy groups -OCH3 is 2. The second-order valence-corrected chi connectivity index (χ2v) is 4.86. The highest BCUT2D eigenvalue weighted by atomic mass is 16.5. The maximum atomic E-state index is 12.1. The predicted octanol–water partition coefficient (Wildman–Crippen LogP) is 0.398. The van der Waals surface area contributed by atoms with Crippen molar-refractivity contribution >= 4 is 11.9 Å². The Morgan fingerprint density at radius 2 is 1.89 bits per heavy atom. The summed E-state index contributed by atoms with van der Waals surface area (Å²) in [5.41, 5.74) is 5.51. The molecule has 0 aromatic rings. The van der Waals surface area contributed by atoms with Gasteiger partial charge in [0.05, 0.1) is 26.1 Å². The molecule has 0 aromatic carbocycles. The van der Waals surface area contributed by atoms with Gasteiger partial charge in [-0.2, -0.15) is 0 Å². The first-order valence-electron chi connectivity index (χ1n) is 6.52. The molecular formula is C13H26N2O4.